The Kier molecular flexibility index (Phi) is 6.75. The van der Waals surface area contributed by atoms with Crippen LogP contribution in [0, 0.1) is 5.92 Å². The van der Waals surface area contributed by atoms with Crippen LogP contribution in [0.4, 0.5) is 58.4 Å². The Morgan fingerprint density at radius 1 is 0.839 bits per heavy atom. The maximum Gasteiger partial charge on any atom is 0.431 e. The fourth-order valence-corrected chi connectivity index (χ4v) is 3.28. The molecule has 17 heteroatoms. The number of hydrazone groups is 1. The molecule has 1 heterocycles. The topological polar surface area (TPSA) is 45.1 Å². The van der Waals surface area contributed by atoms with E-state index in [2.05, 4.69) is 8.17 Å². The summed E-state index contributed by atoms with van der Waals surface area (Å²) in [6, 6.07) is -0.540. The minimum absolute atomic E-state index is 0.0914. The van der Waals surface area contributed by atoms with Gasteiger partial charge in [0.25, 0.3) is 0 Å². The first kappa shape index (κ1) is 25.8. The smallest absolute Gasteiger partial charge is 0.371 e. The molecule has 0 bridgehead atoms. The number of nitrogens with zero attached hydrogens (tertiary/aromatic N) is 2. The number of hydrogen-bond donors (Lipinski definition) is 1. The minimum atomic E-state index is -5.63. The van der Waals surface area contributed by atoms with Crippen LogP contribution in [0.25, 0.3) is 0 Å². The molecule has 0 fully saturated rings. The third-order valence-corrected chi connectivity index (χ3v) is 4.52. The van der Waals surface area contributed by atoms with E-state index in [0.29, 0.717) is 23.0 Å². The van der Waals surface area contributed by atoms with E-state index in [1.807, 2.05) is 0 Å². The predicted octanol–water partition coefficient (Wildman–Crippen LogP) is 5.69. The van der Waals surface area contributed by atoms with E-state index < -0.39 is 70.5 Å². The van der Waals surface area contributed by atoms with Gasteiger partial charge < -0.3 is 8.17 Å². The van der Waals surface area contributed by atoms with Crippen LogP contribution in [0.15, 0.2) is 23.3 Å². The second-order valence-electron chi connectivity index (χ2n) is 6.08. The summed E-state index contributed by atoms with van der Waals surface area (Å²) in [7, 11) is 0. The van der Waals surface area contributed by atoms with Crippen molar-refractivity contribution < 1.29 is 60.9 Å². The molecule has 0 aromatic heterocycles. The molecule has 3 unspecified atom stereocenters. The van der Waals surface area contributed by atoms with E-state index in [1.165, 1.54) is 0 Å². The highest BCUT2D eigenvalue weighted by Gasteiger charge is 2.60. The summed E-state index contributed by atoms with van der Waals surface area (Å²) in [5.41, 5.74) is -7.62. The lowest BCUT2D eigenvalue weighted by atomic mass is 9.94. The van der Waals surface area contributed by atoms with Crippen molar-refractivity contribution in [2.24, 2.45) is 11.0 Å². The Hall–Kier alpha value is -1.50. The lowest BCUT2D eigenvalue weighted by Crippen LogP contribution is -2.49. The molecular formula is C14H7F12IN2O2. The summed E-state index contributed by atoms with van der Waals surface area (Å²) in [6.07, 6.45) is -28.2. The van der Waals surface area contributed by atoms with Crippen molar-refractivity contribution in [2.45, 2.75) is 37.0 Å². The van der Waals surface area contributed by atoms with Gasteiger partial charge in [-0.1, -0.05) is 0 Å². The Labute approximate surface area is 178 Å². The first-order valence-corrected chi connectivity index (χ1v) is 8.43. The number of benzene rings is 1. The highest BCUT2D eigenvalue weighted by molar-refractivity contribution is 14.1. The number of rotatable bonds is 3. The second kappa shape index (κ2) is 8.13. The van der Waals surface area contributed by atoms with Crippen molar-refractivity contribution in [3.63, 3.8) is 0 Å². The molecule has 0 radical (unpaired) electrons. The van der Waals surface area contributed by atoms with Crippen molar-refractivity contribution in [2.75, 3.05) is 5.01 Å². The van der Waals surface area contributed by atoms with Crippen LogP contribution in [0.5, 0.6) is 0 Å². The average molecular weight is 590 g/mol. The van der Waals surface area contributed by atoms with Gasteiger partial charge in [0.05, 0.1) is 22.7 Å². The first-order chi connectivity index (χ1) is 13.8. The van der Waals surface area contributed by atoms with E-state index in [9.17, 15) is 57.8 Å². The summed E-state index contributed by atoms with van der Waals surface area (Å²) in [6.45, 7) is 0. The quantitative estimate of drug-likeness (QED) is 0.364. The van der Waals surface area contributed by atoms with Crippen LogP contribution in [-0.4, -0.2) is 35.5 Å². The fourth-order valence-electron chi connectivity index (χ4n) is 2.67. The van der Waals surface area contributed by atoms with Crippen molar-refractivity contribution >= 4 is 34.4 Å². The summed E-state index contributed by atoms with van der Waals surface area (Å²) in [5.74, 6) is -3.03. The van der Waals surface area contributed by atoms with Crippen LogP contribution < -0.4 is 5.01 Å². The molecule has 0 aliphatic carbocycles. The fraction of sp³-hybridized carbons (Fsp3) is 0.500. The third-order valence-electron chi connectivity index (χ3n) is 3.98. The molecule has 1 aliphatic heterocycles. The van der Waals surface area contributed by atoms with Gasteiger partial charge in [0, 0.05) is 0 Å². The largest absolute Gasteiger partial charge is 0.431 e. The Balaban J connectivity index is 2.69. The predicted molar refractivity (Wildman–Crippen MR) is 86.9 cm³/mol. The molecule has 31 heavy (non-hydrogen) atoms. The number of aliphatic hydroxyl groups is 1. The van der Waals surface area contributed by atoms with Crippen molar-refractivity contribution in [3.05, 3.63) is 29.3 Å². The molecule has 1 aromatic carbocycles. The van der Waals surface area contributed by atoms with E-state index >= 15 is 0 Å². The van der Waals surface area contributed by atoms with E-state index in [1.54, 1.807) is 0 Å². The van der Waals surface area contributed by atoms with Gasteiger partial charge in [-0.15, -0.1) is 0 Å². The van der Waals surface area contributed by atoms with E-state index in [-0.39, 0.29) is 18.2 Å². The first-order valence-electron chi connectivity index (χ1n) is 7.55. The molecule has 0 saturated carbocycles. The van der Waals surface area contributed by atoms with Gasteiger partial charge >= 0.3 is 24.7 Å². The van der Waals surface area contributed by atoms with Crippen molar-refractivity contribution in [1.29, 1.82) is 0 Å². The average Bonchev–Trinajstić information content (AvgIpc) is 2.90. The molecule has 1 N–H and O–H groups in total. The van der Waals surface area contributed by atoms with Crippen LogP contribution in [0.1, 0.15) is 11.1 Å². The molecule has 4 nitrogen and oxygen atoms in total. The molecule has 0 saturated heterocycles. The molecule has 1 aliphatic rings. The molecule has 0 amide bonds. The lowest BCUT2D eigenvalue weighted by molar-refractivity contribution is -0.203. The monoisotopic (exact) mass is 590 g/mol. The van der Waals surface area contributed by atoms with Gasteiger partial charge in [-0.05, 0) is 18.2 Å². The third kappa shape index (κ3) is 5.47. The molecule has 0 spiro atoms. The zero-order chi connectivity index (χ0) is 24.2. The van der Waals surface area contributed by atoms with Gasteiger partial charge in [0.15, 0.2) is 18.0 Å². The zero-order valence-corrected chi connectivity index (χ0v) is 16.3. The summed E-state index contributed by atoms with van der Waals surface area (Å²) >= 11 is 0.596. The van der Waals surface area contributed by atoms with Crippen LogP contribution in [-0.2, 0) is 15.4 Å². The molecule has 176 valence electrons. The maximum atomic E-state index is 13.2. The maximum absolute atomic E-state index is 13.2. The highest BCUT2D eigenvalue weighted by Crippen LogP contribution is 2.44. The zero-order valence-electron chi connectivity index (χ0n) is 14.1. The number of aliphatic hydroxyl groups excluding tert-OH is 1. The normalized spacial score (nSPS) is 22.0. The Bertz CT molecular complexity index is 813. The summed E-state index contributed by atoms with van der Waals surface area (Å²) in [4.78, 5) is 0. The number of alkyl halides is 12. The molecule has 1 aromatic rings. The highest BCUT2D eigenvalue weighted by atomic mass is 127. The van der Waals surface area contributed by atoms with Gasteiger partial charge in [-0.25, -0.2) is 5.01 Å². The minimum Gasteiger partial charge on any atom is -0.371 e. The SMILES string of the molecule is OC1C(C(OI)C(F)(F)F)C(C(F)(F)F)=NN1c1cc(C(F)(F)F)cc(C(F)(F)F)c1. The number of anilines is 1. The van der Waals surface area contributed by atoms with E-state index in [0.717, 1.165) is 0 Å². The summed E-state index contributed by atoms with van der Waals surface area (Å²) in [5, 5.41) is 12.3. The van der Waals surface area contributed by atoms with Crippen molar-refractivity contribution in [1.82, 2.24) is 0 Å². The standard InChI is InChI=1S/C14H7F12IN2O2/c15-11(16,17)4-1-5(12(18,19)20)3-6(2-4)29-10(30)7(8(28-29)13(21,22)23)9(31-27)14(24,25)26/h1-3,7,9-10,30H. The van der Waals surface area contributed by atoms with E-state index in [4.69, 9.17) is 0 Å². The van der Waals surface area contributed by atoms with Crippen LogP contribution in [0.2, 0.25) is 0 Å². The van der Waals surface area contributed by atoms with Gasteiger partial charge in [0.2, 0.25) is 0 Å². The number of halogens is 13. The Morgan fingerprint density at radius 2 is 1.29 bits per heavy atom. The van der Waals surface area contributed by atoms with Crippen LogP contribution >= 0.6 is 23.0 Å². The molecule has 2 rings (SSSR count). The molecular weight excluding hydrogens is 583 g/mol. The molecule has 3 atom stereocenters. The van der Waals surface area contributed by atoms with Gasteiger partial charge in [0.1, 0.15) is 23.0 Å². The second-order valence-corrected chi connectivity index (χ2v) is 6.59. The lowest BCUT2D eigenvalue weighted by Gasteiger charge is -2.29. The summed E-state index contributed by atoms with van der Waals surface area (Å²) < 4.78 is 161. The van der Waals surface area contributed by atoms with Gasteiger partial charge in [-0.3, -0.25) is 0 Å². The Morgan fingerprint density at radius 3 is 1.61 bits per heavy atom. The number of hydrogen-bond acceptors (Lipinski definition) is 4. The van der Waals surface area contributed by atoms with Crippen molar-refractivity contribution in [3.8, 4) is 0 Å². The van der Waals surface area contributed by atoms with Gasteiger partial charge in [-0.2, -0.15) is 57.8 Å². The van der Waals surface area contributed by atoms with Crippen LogP contribution in [0.3, 0.4) is 0 Å².